The van der Waals surface area contributed by atoms with E-state index in [2.05, 4.69) is 10.6 Å². The number of halogens is 2. The smallest absolute Gasteiger partial charge is 0.319 e. The summed E-state index contributed by atoms with van der Waals surface area (Å²) in [5, 5.41) is 6.81. The summed E-state index contributed by atoms with van der Waals surface area (Å²) >= 11 is 1.69. The van der Waals surface area contributed by atoms with Crippen molar-refractivity contribution >= 4 is 34.6 Å². The maximum atomic E-state index is 13.7. The van der Waals surface area contributed by atoms with Gasteiger partial charge in [0.15, 0.2) is 0 Å². The van der Waals surface area contributed by atoms with Crippen LogP contribution in [-0.4, -0.2) is 18.5 Å². The Hall–Kier alpha value is -3.26. The first-order valence-electron chi connectivity index (χ1n) is 10.4. The van der Waals surface area contributed by atoms with Gasteiger partial charge in [-0.1, -0.05) is 12.1 Å². The van der Waals surface area contributed by atoms with Crippen molar-refractivity contribution in [2.45, 2.75) is 32.7 Å². The molecular weight excluding hydrogens is 432 g/mol. The number of para-hydroxylation sites is 1. The Morgan fingerprint density at radius 2 is 1.88 bits per heavy atom. The quantitative estimate of drug-likeness (QED) is 0.535. The molecule has 166 valence electrons. The Morgan fingerprint density at radius 3 is 2.62 bits per heavy atom. The zero-order chi connectivity index (χ0) is 22.7. The number of hydrogen-bond donors (Lipinski definition) is 2. The van der Waals surface area contributed by atoms with Crippen LogP contribution in [0.5, 0.6) is 0 Å². The first-order valence-corrected chi connectivity index (χ1v) is 11.3. The normalized spacial score (nSPS) is 13.3. The number of urea groups is 1. The second kappa shape index (κ2) is 9.48. The van der Waals surface area contributed by atoms with Crippen LogP contribution < -0.4 is 15.5 Å². The minimum atomic E-state index is -0.846. The van der Waals surface area contributed by atoms with E-state index in [-0.39, 0.29) is 12.5 Å². The number of rotatable bonds is 4. The van der Waals surface area contributed by atoms with Crippen molar-refractivity contribution < 1.29 is 18.4 Å². The number of nitrogens with one attached hydrogen (secondary N) is 2. The van der Waals surface area contributed by atoms with Gasteiger partial charge in [-0.05, 0) is 73.0 Å². The van der Waals surface area contributed by atoms with Crippen molar-refractivity contribution in [3.05, 3.63) is 81.0 Å². The topological polar surface area (TPSA) is 61.4 Å². The minimum Gasteiger partial charge on any atom is -0.334 e. The molecular formula is C24H23F2N3O2S. The number of hydrogen-bond acceptors (Lipinski definition) is 3. The van der Waals surface area contributed by atoms with Gasteiger partial charge in [0.05, 0.1) is 5.69 Å². The molecule has 0 spiro atoms. The zero-order valence-corrected chi connectivity index (χ0v) is 18.4. The molecule has 1 aliphatic rings. The molecule has 0 bridgehead atoms. The van der Waals surface area contributed by atoms with Gasteiger partial charge in [0.25, 0.3) is 5.91 Å². The summed E-state index contributed by atoms with van der Waals surface area (Å²) in [5.74, 6) is -1.73. The van der Waals surface area contributed by atoms with E-state index in [1.54, 1.807) is 23.5 Å². The van der Waals surface area contributed by atoms with Gasteiger partial charge >= 0.3 is 6.03 Å². The molecule has 5 nitrogen and oxygen atoms in total. The Labute approximate surface area is 189 Å². The molecule has 3 amide bonds. The van der Waals surface area contributed by atoms with Gasteiger partial charge < -0.3 is 15.5 Å². The fraction of sp³-hybridized carbons (Fsp3) is 0.250. The molecule has 1 aliphatic heterocycles. The van der Waals surface area contributed by atoms with Crippen LogP contribution in [0, 0.1) is 18.6 Å². The summed E-state index contributed by atoms with van der Waals surface area (Å²) in [6.07, 6.45) is 3.03. The van der Waals surface area contributed by atoms with Gasteiger partial charge in [-0.3, -0.25) is 4.79 Å². The van der Waals surface area contributed by atoms with E-state index in [0.717, 1.165) is 48.2 Å². The molecule has 0 fully saturated rings. The number of carbonyl (C=O) groups is 2. The van der Waals surface area contributed by atoms with Gasteiger partial charge in [0.1, 0.15) is 17.3 Å². The van der Waals surface area contributed by atoms with E-state index >= 15 is 0 Å². The van der Waals surface area contributed by atoms with Crippen molar-refractivity contribution in [2.24, 2.45) is 0 Å². The van der Waals surface area contributed by atoms with Crippen LogP contribution in [0.3, 0.4) is 0 Å². The van der Waals surface area contributed by atoms with Crippen molar-refractivity contribution in [3.8, 4) is 0 Å². The number of aryl methyl sites for hydroxylation is 2. The van der Waals surface area contributed by atoms with E-state index in [1.165, 1.54) is 10.9 Å². The second-order valence-corrected chi connectivity index (χ2v) is 8.69. The number of carbonyl (C=O) groups excluding carboxylic acids is 2. The third kappa shape index (κ3) is 4.65. The van der Waals surface area contributed by atoms with Crippen LogP contribution in [0.1, 0.15) is 39.2 Å². The molecule has 4 rings (SSSR count). The molecule has 2 aromatic carbocycles. The lowest BCUT2D eigenvalue weighted by Gasteiger charge is -2.21. The van der Waals surface area contributed by atoms with Crippen molar-refractivity contribution in [3.63, 3.8) is 0 Å². The standard InChI is InChI=1S/C24H23F2N3O2S/c1-15-13-16(23(30)29-11-3-2-7-21-20(29)10-12-32-21)8-9-17(15)14-27-24(31)28-22-18(25)5-4-6-19(22)26/h4-6,8-10,12-13H,2-3,7,11,14H2,1H3,(H2,27,28,31). The number of anilines is 2. The molecule has 32 heavy (non-hydrogen) atoms. The summed E-state index contributed by atoms with van der Waals surface area (Å²) in [6.45, 7) is 2.71. The molecule has 0 aliphatic carbocycles. The molecule has 2 heterocycles. The van der Waals surface area contributed by atoms with E-state index in [1.807, 2.05) is 29.3 Å². The number of benzene rings is 2. The van der Waals surface area contributed by atoms with Gasteiger partial charge in [-0.15, -0.1) is 11.3 Å². The third-order valence-electron chi connectivity index (χ3n) is 5.52. The molecule has 0 radical (unpaired) electrons. The summed E-state index contributed by atoms with van der Waals surface area (Å²) in [6, 6.07) is 10.0. The number of amides is 3. The number of nitrogens with zero attached hydrogens (tertiary/aromatic N) is 1. The van der Waals surface area contributed by atoms with Crippen molar-refractivity contribution in [1.82, 2.24) is 5.32 Å². The highest BCUT2D eigenvalue weighted by atomic mass is 32.1. The maximum Gasteiger partial charge on any atom is 0.319 e. The molecule has 0 atom stereocenters. The van der Waals surface area contributed by atoms with Gasteiger partial charge in [0, 0.05) is 23.5 Å². The maximum absolute atomic E-state index is 13.7. The summed E-state index contributed by atoms with van der Waals surface area (Å²) in [7, 11) is 0. The van der Waals surface area contributed by atoms with Gasteiger partial charge in [0.2, 0.25) is 0 Å². The number of thiophene rings is 1. The first kappa shape index (κ1) is 22.0. The van der Waals surface area contributed by atoms with Gasteiger partial charge in [-0.2, -0.15) is 0 Å². The summed E-state index contributed by atoms with van der Waals surface area (Å²) < 4.78 is 27.4. The van der Waals surface area contributed by atoms with E-state index < -0.39 is 23.4 Å². The average Bonchev–Trinajstić information content (AvgIpc) is 3.14. The summed E-state index contributed by atoms with van der Waals surface area (Å²) in [5.41, 5.74) is 2.74. The fourth-order valence-electron chi connectivity index (χ4n) is 3.78. The van der Waals surface area contributed by atoms with Crippen molar-refractivity contribution in [1.29, 1.82) is 0 Å². The molecule has 0 saturated carbocycles. The van der Waals surface area contributed by atoms with Crippen LogP contribution in [0.25, 0.3) is 0 Å². The molecule has 0 saturated heterocycles. The van der Waals surface area contributed by atoms with E-state index in [0.29, 0.717) is 12.1 Å². The first-order chi connectivity index (χ1) is 15.4. The predicted molar refractivity (Wildman–Crippen MR) is 122 cm³/mol. The lowest BCUT2D eigenvalue weighted by Crippen LogP contribution is -2.31. The van der Waals surface area contributed by atoms with Crippen LogP contribution in [0.2, 0.25) is 0 Å². The second-order valence-electron chi connectivity index (χ2n) is 7.69. The van der Waals surface area contributed by atoms with E-state index in [4.69, 9.17) is 0 Å². The Bertz CT molecular complexity index is 1140. The Morgan fingerprint density at radius 1 is 1.09 bits per heavy atom. The lowest BCUT2D eigenvalue weighted by molar-refractivity contribution is 0.0987. The van der Waals surface area contributed by atoms with Crippen LogP contribution in [0.4, 0.5) is 25.0 Å². The Balaban J connectivity index is 1.42. The van der Waals surface area contributed by atoms with Crippen LogP contribution in [-0.2, 0) is 13.0 Å². The Kier molecular flexibility index (Phi) is 6.50. The summed E-state index contributed by atoms with van der Waals surface area (Å²) in [4.78, 5) is 28.4. The predicted octanol–water partition coefficient (Wildman–Crippen LogP) is 5.64. The molecule has 8 heteroatoms. The zero-order valence-electron chi connectivity index (χ0n) is 17.6. The lowest BCUT2D eigenvalue weighted by atomic mass is 10.0. The van der Waals surface area contributed by atoms with Crippen LogP contribution in [0.15, 0.2) is 47.8 Å². The average molecular weight is 456 g/mol. The minimum absolute atomic E-state index is 0.0399. The molecule has 3 aromatic rings. The SMILES string of the molecule is Cc1cc(C(=O)N2CCCCc3sccc32)ccc1CNC(=O)Nc1c(F)cccc1F. The highest BCUT2D eigenvalue weighted by molar-refractivity contribution is 7.10. The van der Waals surface area contributed by atoms with Crippen molar-refractivity contribution in [2.75, 3.05) is 16.8 Å². The largest absolute Gasteiger partial charge is 0.334 e. The highest BCUT2D eigenvalue weighted by Gasteiger charge is 2.23. The molecule has 1 aromatic heterocycles. The molecule has 2 N–H and O–H groups in total. The fourth-order valence-corrected chi connectivity index (χ4v) is 4.70. The van der Waals surface area contributed by atoms with E-state index in [9.17, 15) is 18.4 Å². The van der Waals surface area contributed by atoms with Gasteiger partial charge in [-0.25, -0.2) is 13.6 Å². The molecule has 0 unspecified atom stereocenters. The highest BCUT2D eigenvalue weighted by Crippen LogP contribution is 2.32. The third-order valence-corrected chi connectivity index (χ3v) is 6.49. The monoisotopic (exact) mass is 455 g/mol. The number of fused-ring (bicyclic) bond motifs is 1. The van der Waals surface area contributed by atoms with Crippen LogP contribution >= 0.6 is 11.3 Å².